The van der Waals surface area contributed by atoms with E-state index in [0.29, 0.717) is 6.42 Å². The first-order valence-corrected chi connectivity index (χ1v) is 12.4. The molecule has 152 valence electrons. The number of amides is 1. The van der Waals surface area contributed by atoms with Crippen LogP contribution in [0.5, 0.6) is 5.75 Å². The van der Waals surface area contributed by atoms with E-state index in [1.54, 1.807) is 0 Å². The number of nitrogens with one attached hydrogen (secondary N) is 1. The molecule has 0 aliphatic rings. The van der Waals surface area contributed by atoms with Gasteiger partial charge in [-0.2, -0.15) is 0 Å². The molecule has 2 rings (SSSR count). The van der Waals surface area contributed by atoms with Crippen molar-refractivity contribution < 1.29 is 18.8 Å². The lowest BCUT2D eigenvalue weighted by atomic mass is 9.98. The molecule has 2 aromatic rings. The van der Waals surface area contributed by atoms with Crippen LogP contribution in [0.15, 0.2) is 36.4 Å². The predicted octanol–water partition coefficient (Wildman–Crippen LogP) is 4.44. The van der Waals surface area contributed by atoms with Crippen LogP contribution in [0.4, 0.5) is 0 Å². The summed E-state index contributed by atoms with van der Waals surface area (Å²) in [4.78, 5) is 23.6. The lowest BCUT2D eigenvalue weighted by molar-refractivity contribution is -0.144. The minimum absolute atomic E-state index is 0.0914. The molecule has 0 spiro atoms. The van der Waals surface area contributed by atoms with E-state index in [4.69, 9.17) is 9.16 Å². The maximum atomic E-state index is 12.1. The highest BCUT2D eigenvalue weighted by molar-refractivity contribution is 6.74. The molecule has 0 aromatic heterocycles. The van der Waals surface area contributed by atoms with Crippen LogP contribution in [0.25, 0.3) is 10.8 Å². The molecule has 1 amide bonds. The number of rotatable bonds is 6. The van der Waals surface area contributed by atoms with Crippen LogP contribution < -0.4 is 9.74 Å². The molecule has 1 N–H and O–H groups in total. The highest BCUT2D eigenvalue weighted by Gasteiger charge is 2.39. The molecule has 0 saturated carbocycles. The van der Waals surface area contributed by atoms with Gasteiger partial charge in [0.05, 0.1) is 7.11 Å². The standard InChI is InChI=1S/C22H31NO4Si/c1-15(24)23-19(21(25)26-5)14-16-12-13-20(18-11-9-8-10-17(16)18)27-28(6,7)22(2,3)4/h8-13,19H,14H2,1-7H3,(H,23,24). The number of methoxy groups -OCH3 is 1. The number of hydrogen-bond donors (Lipinski definition) is 1. The van der Waals surface area contributed by atoms with E-state index in [-0.39, 0.29) is 10.9 Å². The second kappa shape index (κ2) is 8.35. The fourth-order valence-electron chi connectivity index (χ4n) is 2.83. The SMILES string of the molecule is COC(=O)C(Cc1ccc(O[Si](C)(C)C(C)(C)C)c2ccccc12)NC(C)=O. The average molecular weight is 402 g/mol. The summed E-state index contributed by atoms with van der Waals surface area (Å²) in [5.74, 6) is 0.138. The van der Waals surface area contributed by atoms with Crippen molar-refractivity contribution in [2.24, 2.45) is 0 Å². The highest BCUT2D eigenvalue weighted by Crippen LogP contribution is 2.39. The maximum Gasteiger partial charge on any atom is 0.328 e. The largest absolute Gasteiger partial charge is 0.543 e. The zero-order valence-corrected chi connectivity index (χ0v) is 18.9. The van der Waals surface area contributed by atoms with Crippen LogP contribution in [0.3, 0.4) is 0 Å². The first-order valence-electron chi connectivity index (χ1n) is 9.51. The molecular weight excluding hydrogens is 370 g/mol. The Balaban J connectivity index is 2.45. The quantitative estimate of drug-likeness (QED) is 0.574. The fourth-order valence-corrected chi connectivity index (χ4v) is 3.86. The minimum Gasteiger partial charge on any atom is -0.543 e. The summed E-state index contributed by atoms with van der Waals surface area (Å²) in [6, 6.07) is 11.2. The van der Waals surface area contributed by atoms with E-state index in [1.165, 1.54) is 14.0 Å². The van der Waals surface area contributed by atoms with Gasteiger partial charge in [-0.3, -0.25) is 4.79 Å². The van der Waals surface area contributed by atoms with Gasteiger partial charge >= 0.3 is 5.97 Å². The van der Waals surface area contributed by atoms with E-state index in [1.807, 2.05) is 36.4 Å². The third-order valence-corrected chi connectivity index (χ3v) is 9.78. The monoisotopic (exact) mass is 401 g/mol. The Hall–Kier alpha value is -2.34. The van der Waals surface area contributed by atoms with Crippen LogP contribution in [0.2, 0.25) is 18.1 Å². The summed E-state index contributed by atoms with van der Waals surface area (Å²) in [5, 5.41) is 4.79. The first kappa shape index (κ1) is 22.0. The molecule has 0 bridgehead atoms. The summed E-state index contributed by atoms with van der Waals surface area (Å²) >= 11 is 0. The third-order valence-electron chi connectivity index (χ3n) is 5.43. The summed E-state index contributed by atoms with van der Waals surface area (Å²) in [6.45, 7) is 12.5. The van der Waals surface area contributed by atoms with Crippen LogP contribution in [-0.2, 0) is 20.7 Å². The molecular formula is C22H31NO4Si. The van der Waals surface area contributed by atoms with Gasteiger partial charge < -0.3 is 14.5 Å². The van der Waals surface area contributed by atoms with Crippen molar-refractivity contribution in [1.82, 2.24) is 5.32 Å². The van der Waals surface area contributed by atoms with Gasteiger partial charge in [-0.15, -0.1) is 0 Å². The Bertz CT molecular complexity index is 870. The van der Waals surface area contributed by atoms with Gasteiger partial charge in [0.1, 0.15) is 11.8 Å². The smallest absolute Gasteiger partial charge is 0.328 e. The molecule has 0 radical (unpaired) electrons. The topological polar surface area (TPSA) is 64.6 Å². The van der Waals surface area contributed by atoms with Gasteiger partial charge in [0.15, 0.2) is 0 Å². The van der Waals surface area contributed by atoms with Crippen LogP contribution in [-0.4, -0.2) is 33.3 Å². The normalized spacial score (nSPS) is 13.1. The summed E-state index contributed by atoms with van der Waals surface area (Å²) in [6.07, 6.45) is 0.354. The zero-order chi connectivity index (χ0) is 21.1. The first-order chi connectivity index (χ1) is 13.0. The summed E-state index contributed by atoms with van der Waals surface area (Å²) < 4.78 is 11.4. The zero-order valence-electron chi connectivity index (χ0n) is 17.9. The Morgan fingerprint density at radius 2 is 1.68 bits per heavy atom. The van der Waals surface area contributed by atoms with E-state index < -0.39 is 20.3 Å². The van der Waals surface area contributed by atoms with Crippen molar-refractivity contribution >= 4 is 31.0 Å². The van der Waals surface area contributed by atoms with Gasteiger partial charge in [0.25, 0.3) is 8.32 Å². The van der Waals surface area contributed by atoms with E-state index in [2.05, 4.69) is 39.2 Å². The van der Waals surface area contributed by atoms with Gasteiger partial charge in [0, 0.05) is 18.7 Å². The lowest BCUT2D eigenvalue weighted by Gasteiger charge is -2.37. The van der Waals surface area contributed by atoms with Crippen LogP contribution in [0, 0.1) is 0 Å². The minimum atomic E-state index is -1.99. The van der Waals surface area contributed by atoms with Crippen molar-refractivity contribution in [2.45, 2.75) is 58.3 Å². The molecule has 5 nitrogen and oxygen atoms in total. The Morgan fingerprint density at radius 3 is 2.21 bits per heavy atom. The predicted molar refractivity (Wildman–Crippen MR) is 115 cm³/mol. The fraction of sp³-hybridized carbons (Fsp3) is 0.455. The number of esters is 1. The highest BCUT2D eigenvalue weighted by atomic mass is 28.4. The lowest BCUT2D eigenvalue weighted by Crippen LogP contribution is -2.44. The molecule has 0 fully saturated rings. The maximum absolute atomic E-state index is 12.1. The molecule has 1 atom stereocenters. The van der Waals surface area contributed by atoms with E-state index in [0.717, 1.165) is 22.1 Å². The molecule has 0 saturated heterocycles. The van der Waals surface area contributed by atoms with E-state index in [9.17, 15) is 9.59 Å². The number of carbonyl (C=O) groups excluding carboxylic acids is 2. The number of benzene rings is 2. The van der Waals surface area contributed by atoms with Crippen molar-refractivity contribution in [1.29, 1.82) is 0 Å². The molecule has 2 aromatic carbocycles. The van der Waals surface area contributed by atoms with Gasteiger partial charge in [-0.25, -0.2) is 4.79 Å². The number of fused-ring (bicyclic) bond motifs is 1. The Kier molecular flexibility index (Phi) is 6.54. The second-order valence-corrected chi connectivity index (χ2v) is 13.3. The van der Waals surface area contributed by atoms with Crippen molar-refractivity contribution in [3.8, 4) is 5.75 Å². The average Bonchev–Trinajstić information content (AvgIpc) is 2.60. The van der Waals surface area contributed by atoms with Crippen molar-refractivity contribution in [3.05, 3.63) is 42.0 Å². The van der Waals surface area contributed by atoms with Gasteiger partial charge in [0.2, 0.25) is 5.91 Å². The van der Waals surface area contributed by atoms with Gasteiger partial charge in [-0.05, 0) is 35.1 Å². The molecule has 1 unspecified atom stereocenters. The molecule has 0 aliphatic heterocycles. The van der Waals surface area contributed by atoms with Crippen molar-refractivity contribution in [2.75, 3.05) is 7.11 Å². The number of carbonyl (C=O) groups is 2. The molecule has 0 aliphatic carbocycles. The third kappa shape index (κ3) is 4.92. The Labute approximate surface area is 168 Å². The molecule has 6 heteroatoms. The molecule has 28 heavy (non-hydrogen) atoms. The second-order valence-electron chi connectivity index (χ2n) is 8.61. The van der Waals surface area contributed by atoms with Crippen LogP contribution in [0.1, 0.15) is 33.3 Å². The molecule has 0 heterocycles. The van der Waals surface area contributed by atoms with E-state index >= 15 is 0 Å². The Morgan fingerprint density at radius 1 is 1.07 bits per heavy atom. The number of ether oxygens (including phenoxy) is 1. The number of hydrogen-bond acceptors (Lipinski definition) is 4. The van der Waals surface area contributed by atoms with Crippen LogP contribution >= 0.6 is 0 Å². The van der Waals surface area contributed by atoms with Crippen molar-refractivity contribution in [3.63, 3.8) is 0 Å². The van der Waals surface area contributed by atoms with Gasteiger partial charge in [-0.1, -0.05) is 51.1 Å². The summed E-state index contributed by atoms with van der Waals surface area (Å²) in [5.41, 5.74) is 0.960. The summed E-state index contributed by atoms with van der Waals surface area (Å²) in [7, 11) is -0.664.